The van der Waals surface area contributed by atoms with Gasteiger partial charge < -0.3 is 15.2 Å². The van der Waals surface area contributed by atoms with E-state index in [0.29, 0.717) is 24.2 Å². The van der Waals surface area contributed by atoms with Crippen LogP contribution in [0.5, 0.6) is 0 Å². The Morgan fingerprint density at radius 1 is 1.33 bits per heavy atom. The Hall–Kier alpha value is -2.31. The molecule has 4 rings (SSSR count). The normalized spacial score (nSPS) is 22.9. The Morgan fingerprint density at radius 2 is 2.19 bits per heavy atom. The zero-order chi connectivity index (χ0) is 18.6. The third kappa shape index (κ3) is 4.01. The number of aromatic nitrogens is 4. The van der Waals surface area contributed by atoms with Gasteiger partial charge in [-0.1, -0.05) is 19.3 Å². The molecule has 146 valence electrons. The molecule has 1 amide bonds. The fourth-order valence-corrected chi connectivity index (χ4v) is 4.53. The van der Waals surface area contributed by atoms with Gasteiger partial charge in [-0.2, -0.15) is 5.10 Å². The molecule has 0 radical (unpaired) electrons. The zero-order valence-electron chi connectivity index (χ0n) is 16.1. The third-order valence-corrected chi connectivity index (χ3v) is 6.03. The summed E-state index contributed by atoms with van der Waals surface area (Å²) in [6.07, 6.45) is 15.8. The molecule has 1 fully saturated rings. The van der Waals surface area contributed by atoms with Gasteiger partial charge in [0.15, 0.2) is 0 Å². The standard InChI is InChI=1S/C20H30N6O/c1-15-12-18(16-6-3-2-4-7-16)24-19-17(13-23-26(15)19)20(27)22-8-5-10-25-11-9-21-14-25/h9,11,13-16,18,24H,2-8,10,12H2,1H3,(H,22,27). The van der Waals surface area contributed by atoms with E-state index in [2.05, 4.69) is 27.6 Å². The summed E-state index contributed by atoms with van der Waals surface area (Å²) < 4.78 is 4.01. The molecule has 1 saturated carbocycles. The summed E-state index contributed by atoms with van der Waals surface area (Å²) in [5.74, 6) is 1.58. The van der Waals surface area contributed by atoms with Crippen LogP contribution < -0.4 is 10.6 Å². The number of nitrogens with zero attached hydrogens (tertiary/aromatic N) is 4. The van der Waals surface area contributed by atoms with E-state index in [-0.39, 0.29) is 5.91 Å². The van der Waals surface area contributed by atoms with E-state index < -0.39 is 0 Å². The quantitative estimate of drug-likeness (QED) is 0.766. The summed E-state index contributed by atoms with van der Waals surface area (Å²) in [5, 5.41) is 11.2. The highest BCUT2D eigenvalue weighted by atomic mass is 16.1. The second-order valence-corrected chi connectivity index (χ2v) is 8.00. The van der Waals surface area contributed by atoms with Crippen molar-refractivity contribution in [3.8, 4) is 0 Å². The van der Waals surface area contributed by atoms with Crippen LogP contribution in [0, 0.1) is 5.92 Å². The molecule has 2 atom stereocenters. The van der Waals surface area contributed by atoms with Gasteiger partial charge in [-0.25, -0.2) is 9.67 Å². The smallest absolute Gasteiger partial charge is 0.256 e. The highest BCUT2D eigenvalue weighted by molar-refractivity contribution is 5.98. The molecular weight excluding hydrogens is 340 g/mol. The van der Waals surface area contributed by atoms with Crippen LogP contribution in [-0.4, -0.2) is 37.8 Å². The van der Waals surface area contributed by atoms with Crippen molar-refractivity contribution in [1.82, 2.24) is 24.6 Å². The Labute approximate surface area is 160 Å². The number of hydrogen-bond acceptors (Lipinski definition) is 4. The molecule has 3 heterocycles. The molecule has 27 heavy (non-hydrogen) atoms. The summed E-state index contributed by atoms with van der Waals surface area (Å²) >= 11 is 0. The monoisotopic (exact) mass is 370 g/mol. The molecule has 2 aliphatic rings. The number of hydrogen-bond donors (Lipinski definition) is 2. The van der Waals surface area contributed by atoms with Crippen LogP contribution >= 0.6 is 0 Å². The van der Waals surface area contributed by atoms with E-state index in [0.717, 1.165) is 31.1 Å². The Bertz CT molecular complexity index is 747. The molecule has 2 N–H and O–H groups in total. The molecule has 1 aliphatic carbocycles. The molecule has 7 nitrogen and oxygen atoms in total. The van der Waals surface area contributed by atoms with Gasteiger partial charge in [0.25, 0.3) is 5.91 Å². The number of imidazole rings is 1. The van der Waals surface area contributed by atoms with E-state index in [9.17, 15) is 4.79 Å². The van der Waals surface area contributed by atoms with Crippen molar-refractivity contribution in [2.45, 2.75) is 70.5 Å². The minimum Gasteiger partial charge on any atom is -0.367 e. The molecule has 1 aliphatic heterocycles. The van der Waals surface area contributed by atoms with Gasteiger partial charge in [0, 0.05) is 31.5 Å². The van der Waals surface area contributed by atoms with Crippen molar-refractivity contribution >= 4 is 11.7 Å². The third-order valence-electron chi connectivity index (χ3n) is 6.03. The van der Waals surface area contributed by atoms with Gasteiger partial charge in [-0.3, -0.25) is 4.79 Å². The molecule has 0 aromatic carbocycles. The molecule has 2 aromatic rings. The van der Waals surface area contributed by atoms with Gasteiger partial charge in [0.1, 0.15) is 11.4 Å². The fourth-order valence-electron chi connectivity index (χ4n) is 4.53. The van der Waals surface area contributed by atoms with E-state index in [1.54, 1.807) is 18.7 Å². The number of rotatable bonds is 6. The number of fused-ring (bicyclic) bond motifs is 1. The predicted molar refractivity (Wildman–Crippen MR) is 105 cm³/mol. The number of amides is 1. The lowest BCUT2D eigenvalue weighted by Crippen LogP contribution is -2.38. The van der Waals surface area contributed by atoms with Crippen LogP contribution in [0.3, 0.4) is 0 Å². The first-order valence-corrected chi connectivity index (χ1v) is 10.3. The van der Waals surface area contributed by atoms with Gasteiger partial charge in [0.2, 0.25) is 0 Å². The van der Waals surface area contributed by atoms with Crippen molar-refractivity contribution in [2.24, 2.45) is 5.92 Å². The zero-order valence-corrected chi connectivity index (χ0v) is 16.1. The van der Waals surface area contributed by atoms with Crippen molar-refractivity contribution in [3.05, 3.63) is 30.5 Å². The minimum absolute atomic E-state index is 0.0362. The Morgan fingerprint density at radius 3 is 2.96 bits per heavy atom. The van der Waals surface area contributed by atoms with E-state index >= 15 is 0 Å². The van der Waals surface area contributed by atoms with Gasteiger partial charge in [0.05, 0.1) is 18.6 Å². The molecule has 0 spiro atoms. The molecule has 2 unspecified atom stereocenters. The lowest BCUT2D eigenvalue weighted by Gasteiger charge is -2.37. The summed E-state index contributed by atoms with van der Waals surface area (Å²) in [6, 6.07) is 0.785. The molecular formula is C20H30N6O. The lowest BCUT2D eigenvalue weighted by atomic mass is 9.81. The SMILES string of the molecule is CC1CC(C2CCCCC2)Nc2c(C(=O)NCCCn3ccnc3)cnn21. The first kappa shape index (κ1) is 18.1. The second-order valence-electron chi connectivity index (χ2n) is 8.00. The van der Waals surface area contributed by atoms with Crippen LogP contribution in [0.1, 0.15) is 68.3 Å². The van der Waals surface area contributed by atoms with Gasteiger partial charge in [-0.05, 0) is 38.5 Å². The second kappa shape index (κ2) is 8.15. The summed E-state index contributed by atoms with van der Waals surface area (Å²) in [4.78, 5) is 16.7. The summed E-state index contributed by atoms with van der Waals surface area (Å²) in [6.45, 7) is 3.70. The van der Waals surface area contributed by atoms with Crippen LogP contribution in [0.25, 0.3) is 0 Å². The maximum absolute atomic E-state index is 12.7. The average molecular weight is 371 g/mol. The van der Waals surface area contributed by atoms with Crippen molar-refractivity contribution in [2.75, 3.05) is 11.9 Å². The Kier molecular flexibility index (Phi) is 5.45. The number of nitrogens with one attached hydrogen (secondary N) is 2. The molecule has 0 bridgehead atoms. The van der Waals surface area contributed by atoms with Crippen LogP contribution in [-0.2, 0) is 6.54 Å². The van der Waals surface area contributed by atoms with Gasteiger partial charge in [-0.15, -0.1) is 0 Å². The topological polar surface area (TPSA) is 76.8 Å². The van der Waals surface area contributed by atoms with Crippen molar-refractivity contribution in [1.29, 1.82) is 0 Å². The van der Waals surface area contributed by atoms with Crippen molar-refractivity contribution in [3.63, 3.8) is 0 Å². The van der Waals surface area contributed by atoms with Crippen molar-refractivity contribution < 1.29 is 4.79 Å². The lowest BCUT2D eigenvalue weighted by molar-refractivity contribution is 0.0953. The molecule has 2 aromatic heterocycles. The van der Waals surface area contributed by atoms with E-state index in [1.807, 2.05) is 15.4 Å². The largest absolute Gasteiger partial charge is 0.367 e. The average Bonchev–Trinajstić information content (AvgIpc) is 3.35. The summed E-state index contributed by atoms with van der Waals surface area (Å²) in [7, 11) is 0. The number of aryl methyl sites for hydroxylation is 1. The maximum atomic E-state index is 12.7. The highest BCUT2D eigenvalue weighted by Gasteiger charge is 2.33. The molecule has 7 heteroatoms. The fraction of sp³-hybridized carbons (Fsp3) is 0.650. The number of anilines is 1. The van der Waals surface area contributed by atoms with Crippen LogP contribution in [0.4, 0.5) is 5.82 Å². The maximum Gasteiger partial charge on any atom is 0.256 e. The minimum atomic E-state index is -0.0362. The first-order chi connectivity index (χ1) is 13.2. The summed E-state index contributed by atoms with van der Waals surface area (Å²) in [5.41, 5.74) is 0.671. The van der Waals surface area contributed by atoms with E-state index in [1.165, 1.54) is 32.1 Å². The van der Waals surface area contributed by atoms with E-state index in [4.69, 9.17) is 0 Å². The number of carbonyl (C=O) groups is 1. The Balaban J connectivity index is 1.37. The predicted octanol–water partition coefficient (Wildman–Crippen LogP) is 3.23. The number of carbonyl (C=O) groups excluding carboxylic acids is 1. The molecule has 0 saturated heterocycles. The van der Waals surface area contributed by atoms with Crippen LogP contribution in [0.2, 0.25) is 0 Å². The van der Waals surface area contributed by atoms with Gasteiger partial charge >= 0.3 is 0 Å². The van der Waals surface area contributed by atoms with Crippen LogP contribution in [0.15, 0.2) is 24.9 Å². The highest BCUT2D eigenvalue weighted by Crippen LogP contribution is 2.36. The first-order valence-electron chi connectivity index (χ1n) is 10.3.